The zero-order valence-electron chi connectivity index (χ0n) is 17.8. The highest BCUT2D eigenvalue weighted by Crippen LogP contribution is 2.27. The second-order valence-electron chi connectivity index (χ2n) is 7.60. The third kappa shape index (κ3) is 4.92. The van der Waals surface area contributed by atoms with Crippen LogP contribution in [-0.4, -0.2) is 17.8 Å². The molecule has 5 nitrogen and oxygen atoms in total. The first-order valence-corrected chi connectivity index (χ1v) is 11.6. The Morgan fingerprint density at radius 1 is 0.970 bits per heavy atom. The molecule has 166 valence electrons. The molecule has 0 aromatic heterocycles. The molecule has 4 amide bonds. The van der Waals surface area contributed by atoms with Gasteiger partial charge in [0.2, 0.25) is 0 Å². The highest BCUT2D eigenvalue weighted by atomic mass is 79.9. The quantitative estimate of drug-likeness (QED) is 0.333. The number of hydrogen-bond donors (Lipinski definition) is 1. The lowest BCUT2D eigenvalue weighted by Crippen LogP contribution is -2.54. The average molecular weight is 524 g/mol. The van der Waals surface area contributed by atoms with Crippen LogP contribution in [0.4, 0.5) is 10.5 Å². The minimum absolute atomic E-state index is 0.111. The number of aryl methyl sites for hydroxylation is 1. The van der Waals surface area contributed by atoms with Gasteiger partial charge in [-0.3, -0.25) is 14.9 Å². The highest BCUT2D eigenvalue weighted by molar-refractivity contribution is 9.10. The Balaban J connectivity index is 1.62. The summed E-state index contributed by atoms with van der Waals surface area (Å²) in [7, 11) is 0. The molecule has 0 radical (unpaired) electrons. The molecule has 33 heavy (non-hydrogen) atoms. The molecule has 0 aliphatic carbocycles. The maximum absolute atomic E-state index is 13.1. The molecule has 1 aliphatic heterocycles. The van der Waals surface area contributed by atoms with Gasteiger partial charge < -0.3 is 0 Å². The van der Waals surface area contributed by atoms with E-state index in [1.165, 1.54) is 6.08 Å². The summed E-state index contributed by atoms with van der Waals surface area (Å²) >= 11 is 9.85. The largest absolute Gasteiger partial charge is 0.335 e. The predicted octanol–water partition coefficient (Wildman–Crippen LogP) is 5.92. The second-order valence-corrected chi connectivity index (χ2v) is 8.86. The maximum atomic E-state index is 13.1. The Morgan fingerprint density at radius 2 is 1.70 bits per heavy atom. The molecule has 3 aromatic carbocycles. The number of amides is 4. The van der Waals surface area contributed by atoms with Crippen LogP contribution >= 0.6 is 27.5 Å². The monoisotopic (exact) mass is 522 g/mol. The Hall–Kier alpha value is -3.22. The number of anilines is 1. The number of benzene rings is 3. The van der Waals surface area contributed by atoms with Gasteiger partial charge in [0.05, 0.1) is 5.69 Å². The summed E-state index contributed by atoms with van der Waals surface area (Å²) in [6.07, 6.45) is 2.96. The van der Waals surface area contributed by atoms with Gasteiger partial charge in [0, 0.05) is 15.9 Å². The topological polar surface area (TPSA) is 66.5 Å². The minimum Gasteiger partial charge on any atom is -0.273 e. The molecule has 1 fully saturated rings. The molecule has 4 rings (SSSR count). The van der Waals surface area contributed by atoms with E-state index in [1.54, 1.807) is 12.1 Å². The SMILES string of the molecule is CCc1ccc(N2C(=O)NC(=O)/C(=C\c3ccc(Cc4ccccc4Cl)c(Br)c3)C2=O)cc1. The summed E-state index contributed by atoms with van der Waals surface area (Å²) < 4.78 is 0.823. The van der Waals surface area contributed by atoms with E-state index in [2.05, 4.69) is 21.2 Å². The molecular formula is C26H20BrClN2O3. The molecule has 0 unspecified atom stereocenters. The highest BCUT2D eigenvalue weighted by Gasteiger charge is 2.36. The molecule has 1 heterocycles. The van der Waals surface area contributed by atoms with Gasteiger partial charge in [-0.15, -0.1) is 0 Å². The van der Waals surface area contributed by atoms with E-state index < -0.39 is 17.8 Å². The number of urea groups is 1. The zero-order chi connectivity index (χ0) is 23.5. The summed E-state index contributed by atoms with van der Waals surface area (Å²) in [5.74, 6) is -1.38. The molecular weight excluding hydrogens is 504 g/mol. The lowest BCUT2D eigenvalue weighted by Gasteiger charge is -2.26. The number of carbonyl (C=O) groups excluding carboxylic acids is 3. The lowest BCUT2D eigenvalue weighted by molar-refractivity contribution is -0.122. The van der Waals surface area contributed by atoms with Gasteiger partial charge in [-0.1, -0.05) is 76.9 Å². The van der Waals surface area contributed by atoms with Crippen LogP contribution in [0.3, 0.4) is 0 Å². The summed E-state index contributed by atoms with van der Waals surface area (Å²) in [5, 5.41) is 2.95. The number of imide groups is 2. The van der Waals surface area contributed by atoms with Crippen molar-refractivity contribution >= 4 is 57.1 Å². The molecule has 1 aliphatic rings. The van der Waals surface area contributed by atoms with Crippen LogP contribution in [0, 0.1) is 0 Å². The fraction of sp³-hybridized carbons (Fsp3) is 0.115. The number of rotatable bonds is 5. The van der Waals surface area contributed by atoms with Crippen molar-refractivity contribution < 1.29 is 14.4 Å². The number of carbonyl (C=O) groups is 3. The van der Waals surface area contributed by atoms with Crippen molar-refractivity contribution in [2.24, 2.45) is 0 Å². The third-order valence-electron chi connectivity index (χ3n) is 5.43. The second kappa shape index (κ2) is 9.73. The van der Waals surface area contributed by atoms with Gasteiger partial charge in [-0.2, -0.15) is 0 Å². The first-order chi connectivity index (χ1) is 15.9. The van der Waals surface area contributed by atoms with Crippen LogP contribution in [0.1, 0.15) is 29.2 Å². The van der Waals surface area contributed by atoms with E-state index in [0.29, 0.717) is 22.7 Å². The van der Waals surface area contributed by atoms with E-state index in [4.69, 9.17) is 11.6 Å². The number of hydrogen-bond acceptors (Lipinski definition) is 3. The molecule has 0 bridgehead atoms. The number of nitrogens with zero attached hydrogens (tertiary/aromatic N) is 1. The van der Waals surface area contributed by atoms with Gasteiger partial charge in [0.25, 0.3) is 11.8 Å². The van der Waals surface area contributed by atoms with Gasteiger partial charge in [0.15, 0.2) is 0 Å². The van der Waals surface area contributed by atoms with E-state index in [-0.39, 0.29) is 5.57 Å². The normalized spacial score (nSPS) is 15.2. The van der Waals surface area contributed by atoms with Gasteiger partial charge >= 0.3 is 6.03 Å². The van der Waals surface area contributed by atoms with Crippen LogP contribution < -0.4 is 10.2 Å². The smallest absolute Gasteiger partial charge is 0.273 e. The van der Waals surface area contributed by atoms with E-state index in [1.807, 2.05) is 61.5 Å². The standard InChI is InChI=1S/C26H20BrClN2O3/c1-2-16-8-11-20(12-9-16)30-25(32)21(24(31)29-26(30)33)13-17-7-10-18(22(27)14-17)15-19-5-3-4-6-23(19)28/h3-14H,2,15H2,1H3,(H,29,31,33)/b21-13+. The molecule has 1 N–H and O–H groups in total. The lowest BCUT2D eigenvalue weighted by atomic mass is 10.0. The first kappa shape index (κ1) is 23.0. The summed E-state index contributed by atoms with van der Waals surface area (Å²) in [6.45, 7) is 2.02. The summed E-state index contributed by atoms with van der Waals surface area (Å²) in [4.78, 5) is 38.9. The van der Waals surface area contributed by atoms with E-state index >= 15 is 0 Å². The predicted molar refractivity (Wildman–Crippen MR) is 133 cm³/mol. The van der Waals surface area contributed by atoms with Crippen LogP contribution in [0.25, 0.3) is 6.08 Å². The number of halogens is 2. The molecule has 7 heteroatoms. The van der Waals surface area contributed by atoms with Crippen molar-refractivity contribution in [2.45, 2.75) is 19.8 Å². The van der Waals surface area contributed by atoms with Crippen molar-refractivity contribution in [3.8, 4) is 0 Å². The van der Waals surface area contributed by atoms with Gasteiger partial charge in [-0.25, -0.2) is 9.69 Å². The van der Waals surface area contributed by atoms with Crippen LogP contribution in [0.5, 0.6) is 0 Å². The number of barbiturate groups is 1. The fourth-order valence-electron chi connectivity index (χ4n) is 3.58. The molecule has 0 spiro atoms. The van der Waals surface area contributed by atoms with E-state index in [0.717, 1.165) is 32.5 Å². The maximum Gasteiger partial charge on any atom is 0.335 e. The summed E-state index contributed by atoms with van der Waals surface area (Å²) in [6, 6.07) is 19.5. The third-order valence-corrected chi connectivity index (χ3v) is 6.54. The molecule has 3 aromatic rings. The van der Waals surface area contributed by atoms with E-state index in [9.17, 15) is 14.4 Å². The van der Waals surface area contributed by atoms with Crippen molar-refractivity contribution in [3.05, 3.63) is 104 Å². The molecule has 0 atom stereocenters. The Kier molecular flexibility index (Phi) is 6.77. The Morgan fingerprint density at radius 3 is 2.36 bits per heavy atom. The number of nitrogens with one attached hydrogen (secondary N) is 1. The molecule has 0 saturated carbocycles. The molecule has 1 saturated heterocycles. The van der Waals surface area contributed by atoms with Crippen LogP contribution in [-0.2, 0) is 22.4 Å². The van der Waals surface area contributed by atoms with Crippen LogP contribution in [0.2, 0.25) is 5.02 Å². The Bertz CT molecular complexity index is 1280. The van der Waals surface area contributed by atoms with Crippen molar-refractivity contribution in [3.63, 3.8) is 0 Å². The average Bonchev–Trinajstić information content (AvgIpc) is 2.80. The summed E-state index contributed by atoms with van der Waals surface area (Å²) in [5.41, 5.74) is 4.04. The van der Waals surface area contributed by atoms with Gasteiger partial charge in [0.1, 0.15) is 5.57 Å². The van der Waals surface area contributed by atoms with Crippen molar-refractivity contribution in [1.29, 1.82) is 0 Å². The van der Waals surface area contributed by atoms with Crippen LogP contribution in [0.15, 0.2) is 76.8 Å². The fourth-order valence-corrected chi connectivity index (χ4v) is 4.32. The van der Waals surface area contributed by atoms with Crippen molar-refractivity contribution in [2.75, 3.05) is 4.90 Å². The zero-order valence-corrected chi connectivity index (χ0v) is 20.1. The first-order valence-electron chi connectivity index (χ1n) is 10.4. The Labute approximate surface area is 205 Å². The van der Waals surface area contributed by atoms with Crippen molar-refractivity contribution in [1.82, 2.24) is 5.32 Å². The minimum atomic E-state index is -0.761. The van der Waals surface area contributed by atoms with Gasteiger partial charge in [-0.05, 0) is 59.0 Å².